The fourth-order valence-corrected chi connectivity index (χ4v) is 2.53. The van der Waals surface area contributed by atoms with Gasteiger partial charge < -0.3 is 10.6 Å². The smallest absolute Gasteiger partial charge is 0.240 e. The number of hydrogen-bond donors (Lipinski definition) is 2. The van der Waals surface area contributed by atoms with Crippen LogP contribution in [0.3, 0.4) is 0 Å². The lowest BCUT2D eigenvalue weighted by Crippen LogP contribution is -2.35. The first-order valence-electron chi connectivity index (χ1n) is 7.91. The normalized spacial score (nSPS) is 14.8. The Bertz CT molecular complexity index is 704. The predicted octanol–water partition coefficient (Wildman–Crippen LogP) is 3.61. The van der Waals surface area contributed by atoms with E-state index >= 15 is 0 Å². The molecule has 0 radical (unpaired) electrons. The van der Waals surface area contributed by atoms with Gasteiger partial charge in [-0.1, -0.05) is 37.3 Å². The molecule has 0 saturated heterocycles. The summed E-state index contributed by atoms with van der Waals surface area (Å²) in [5.74, 6) is -0.457. The SMILES string of the molecule is CCc1ccc(NC(=O)C2(C(=O)Nc3ccccc3)CC2)cc1. The van der Waals surface area contributed by atoms with Crippen molar-refractivity contribution in [2.75, 3.05) is 10.6 Å². The predicted molar refractivity (Wildman–Crippen MR) is 91.2 cm³/mol. The Morgan fingerprint density at radius 2 is 1.39 bits per heavy atom. The topological polar surface area (TPSA) is 58.2 Å². The Morgan fingerprint density at radius 3 is 1.87 bits per heavy atom. The molecule has 2 aromatic carbocycles. The minimum atomic E-state index is -0.931. The van der Waals surface area contributed by atoms with Gasteiger partial charge >= 0.3 is 0 Å². The average Bonchev–Trinajstić information content (AvgIpc) is 3.38. The highest BCUT2D eigenvalue weighted by Crippen LogP contribution is 2.47. The maximum Gasteiger partial charge on any atom is 0.240 e. The highest BCUT2D eigenvalue weighted by atomic mass is 16.2. The monoisotopic (exact) mass is 308 g/mol. The van der Waals surface area contributed by atoms with Crippen LogP contribution in [-0.2, 0) is 16.0 Å². The van der Waals surface area contributed by atoms with Crippen LogP contribution in [0.25, 0.3) is 0 Å². The van der Waals surface area contributed by atoms with Crippen molar-refractivity contribution in [3.05, 3.63) is 60.2 Å². The van der Waals surface area contributed by atoms with Crippen molar-refractivity contribution >= 4 is 23.2 Å². The van der Waals surface area contributed by atoms with Crippen molar-refractivity contribution in [1.29, 1.82) is 0 Å². The van der Waals surface area contributed by atoms with Crippen molar-refractivity contribution < 1.29 is 9.59 Å². The first-order chi connectivity index (χ1) is 11.1. The van der Waals surface area contributed by atoms with Crippen LogP contribution in [0.5, 0.6) is 0 Å². The van der Waals surface area contributed by atoms with Crippen molar-refractivity contribution in [3.63, 3.8) is 0 Å². The standard InChI is InChI=1S/C19H20N2O2/c1-2-14-8-10-16(11-9-14)21-18(23)19(12-13-19)17(22)20-15-6-4-3-5-7-15/h3-11H,2,12-13H2,1H3,(H,20,22)(H,21,23). The lowest BCUT2D eigenvalue weighted by molar-refractivity contribution is -0.131. The summed E-state index contributed by atoms with van der Waals surface area (Å²) in [7, 11) is 0. The van der Waals surface area contributed by atoms with Crippen LogP contribution >= 0.6 is 0 Å². The largest absolute Gasteiger partial charge is 0.325 e. The molecule has 4 heteroatoms. The summed E-state index contributed by atoms with van der Waals surface area (Å²) in [6, 6.07) is 16.9. The number of nitrogens with one attached hydrogen (secondary N) is 2. The molecule has 1 saturated carbocycles. The van der Waals surface area contributed by atoms with Crippen LogP contribution in [0.1, 0.15) is 25.3 Å². The Morgan fingerprint density at radius 1 is 0.870 bits per heavy atom. The highest BCUT2D eigenvalue weighted by Gasteiger charge is 2.56. The summed E-state index contributed by atoms with van der Waals surface area (Å²) in [5, 5.41) is 5.69. The first-order valence-corrected chi connectivity index (χ1v) is 7.91. The van der Waals surface area contributed by atoms with Crippen molar-refractivity contribution in [2.24, 2.45) is 5.41 Å². The molecule has 2 N–H and O–H groups in total. The van der Waals surface area contributed by atoms with Crippen LogP contribution in [0.2, 0.25) is 0 Å². The van der Waals surface area contributed by atoms with E-state index in [1.807, 2.05) is 54.6 Å². The van der Waals surface area contributed by atoms with Gasteiger partial charge in [-0.3, -0.25) is 9.59 Å². The quantitative estimate of drug-likeness (QED) is 0.829. The summed E-state index contributed by atoms with van der Waals surface area (Å²) in [6.07, 6.45) is 2.13. The molecular weight excluding hydrogens is 288 g/mol. The maximum absolute atomic E-state index is 12.5. The molecule has 0 aromatic heterocycles. The van der Waals surface area contributed by atoms with Crippen molar-refractivity contribution in [1.82, 2.24) is 0 Å². The average molecular weight is 308 g/mol. The van der Waals surface area contributed by atoms with E-state index < -0.39 is 5.41 Å². The van der Waals surface area contributed by atoms with E-state index in [0.717, 1.165) is 12.1 Å². The Kier molecular flexibility index (Phi) is 4.15. The lowest BCUT2D eigenvalue weighted by Gasteiger charge is -2.15. The second-order valence-corrected chi connectivity index (χ2v) is 5.91. The summed E-state index contributed by atoms with van der Waals surface area (Å²) < 4.78 is 0. The van der Waals surface area contributed by atoms with Crippen LogP contribution in [0.4, 0.5) is 11.4 Å². The number of benzene rings is 2. The number of aryl methyl sites for hydroxylation is 1. The van der Waals surface area contributed by atoms with E-state index in [-0.39, 0.29) is 11.8 Å². The maximum atomic E-state index is 12.5. The number of hydrogen-bond acceptors (Lipinski definition) is 2. The van der Waals surface area contributed by atoms with Gasteiger partial charge in [-0.05, 0) is 49.1 Å². The third kappa shape index (κ3) is 3.26. The first kappa shape index (κ1) is 15.3. The number of carbonyl (C=O) groups is 2. The van der Waals surface area contributed by atoms with Crippen LogP contribution < -0.4 is 10.6 Å². The van der Waals surface area contributed by atoms with Gasteiger partial charge in [0, 0.05) is 11.4 Å². The van der Waals surface area contributed by atoms with E-state index in [1.165, 1.54) is 5.56 Å². The molecule has 0 unspecified atom stereocenters. The fourth-order valence-electron chi connectivity index (χ4n) is 2.53. The fraction of sp³-hybridized carbons (Fsp3) is 0.263. The zero-order valence-corrected chi connectivity index (χ0v) is 13.1. The molecule has 0 aliphatic heterocycles. The Hall–Kier alpha value is -2.62. The number of amides is 2. The highest BCUT2D eigenvalue weighted by molar-refractivity contribution is 6.16. The number of rotatable bonds is 5. The summed E-state index contributed by atoms with van der Waals surface area (Å²) in [4.78, 5) is 25.0. The molecular formula is C19H20N2O2. The van der Waals surface area contributed by atoms with E-state index in [1.54, 1.807) is 0 Å². The van der Waals surface area contributed by atoms with E-state index in [0.29, 0.717) is 18.5 Å². The molecule has 0 atom stereocenters. The molecule has 23 heavy (non-hydrogen) atoms. The molecule has 2 aromatic rings. The van der Waals surface area contributed by atoms with E-state index in [9.17, 15) is 9.59 Å². The minimum absolute atomic E-state index is 0.227. The second kappa shape index (κ2) is 6.24. The van der Waals surface area contributed by atoms with Gasteiger partial charge in [-0.25, -0.2) is 0 Å². The molecule has 1 aliphatic carbocycles. The van der Waals surface area contributed by atoms with Gasteiger partial charge in [0.15, 0.2) is 0 Å². The minimum Gasteiger partial charge on any atom is -0.325 e. The summed E-state index contributed by atoms with van der Waals surface area (Å²) in [5.41, 5.74) is 1.72. The van der Waals surface area contributed by atoms with Crippen molar-refractivity contribution in [3.8, 4) is 0 Å². The molecule has 0 spiro atoms. The molecule has 1 fully saturated rings. The second-order valence-electron chi connectivity index (χ2n) is 5.91. The molecule has 3 rings (SSSR count). The third-order valence-electron chi connectivity index (χ3n) is 4.27. The molecule has 2 amide bonds. The molecule has 0 heterocycles. The zero-order chi connectivity index (χ0) is 16.3. The van der Waals surface area contributed by atoms with Gasteiger partial charge in [0.05, 0.1) is 0 Å². The number of anilines is 2. The summed E-state index contributed by atoms with van der Waals surface area (Å²) >= 11 is 0. The van der Waals surface area contributed by atoms with Crippen LogP contribution in [0.15, 0.2) is 54.6 Å². The Labute approximate surface area is 135 Å². The third-order valence-corrected chi connectivity index (χ3v) is 4.27. The van der Waals surface area contributed by atoms with Gasteiger partial charge in [0.1, 0.15) is 5.41 Å². The van der Waals surface area contributed by atoms with Gasteiger partial charge in [-0.2, -0.15) is 0 Å². The molecule has 4 nitrogen and oxygen atoms in total. The van der Waals surface area contributed by atoms with Gasteiger partial charge in [-0.15, -0.1) is 0 Å². The molecule has 1 aliphatic rings. The molecule has 0 bridgehead atoms. The number of carbonyl (C=O) groups excluding carboxylic acids is 2. The lowest BCUT2D eigenvalue weighted by atomic mass is 10.0. The van der Waals surface area contributed by atoms with Crippen LogP contribution in [0, 0.1) is 5.41 Å². The van der Waals surface area contributed by atoms with Crippen molar-refractivity contribution in [2.45, 2.75) is 26.2 Å². The van der Waals surface area contributed by atoms with Gasteiger partial charge in [0.25, 0.3) is 0 Å². The Balaban J connectivity index is 1.67. The van der Waals surface area contributed by atoms with Crippen LogP contribution in [-0.4, -0.2) is 11.8 Å². The zero-order valence-electron chi connectivity index (χ0n) is 13.1. The summed E-state index contributed by atoms with van der Waals surface area (Å²) in [6.45, 7) is 2.08. The number of para-hydroxylation sites is 1. The van der Waals surface area contributed by atoms with E-state index in [4.69, 9.17) is 0 Å². The van der Waals surface area contributed by atoms with Gasteiger partial charge in [0.2, 0.25) is 11.8 Å². The van der Waals surface area contributed by atoms with E-state index in [2.05, 4.69) is 17.6 Å². The molecule has 118 valence electrons.